The molecule has 3 aromatic rings. The van der Waals surface area contributed by atoms with E-state index in [9.17, 15) is 16.8 Å². The molecule has 0 aliphatic rings. The zero-order chi connectivity index (χ0) is 20.9. The highest BCUT2D eigenvalue weighted by Gasteiger charge is 2.21. The summed E-state index contributed by atoms with van der Waals surface area (Å²) in [5.41, 5.74) is 0.924. The Bertz CT molecular complexity index is 1190. The summed E-state index contributed by atoms with van der Waals surface area (Å²) in [6.07, 6.45) is 0.471. The topological polar surface area (TPSA) is 89.5 Å². The number of nitrogens with one attached hydrogen (secondary N) is 1. The van der Waals surface area contributed by atoms with Crippen LogP contribution in [0.4, 0.5) is 0 Å². The van der Waals surface area contributed by atoms with Gasteiger partial charge in [0.25, 0.3) is 0 Å². The van der Waals surface area contributed by atoms with Gasteiger partial charge in [-0.25, -0.2) is 21.6 Å². The van der Waals surface area contributed by atoms with Crippen LogP contribution in [0.1, 0.15) is 5.56 Å². The van der Waals surface area contributed by atoms with E-state index in [1.54, 1.807) is 25.3 Å². The summed E-state index contributed by atoms with van der Waals surface area (Å²) in [6.45, 7) is 0.172. The van der Waals surface area contributed by atoms with Gasteiger partial charge < -0.3 is 4.74 Å². The molecular weight excluding hydrogens is 410 g/mol. The monoisotopic (exact) mass is 431 g/mol. The third kappa shape index (κ3) is 5.03. The molecule has 0 aromatic heterocycles. The second-order valence-electron chi connectivity index (χ2n) is 6.29. The lowest BCUT2D eigenvalue weighted by Gasteiger charge is -2.10. The molecule has 3 aromatic carbocycles. The number of rotatable bonds is 8. The van der Waals surface area contributed by atoms with E-state index in [0.717, 1.165) is 5.56 Å². The molecule has 8 heteroatoms. The van der Waals surface area contributed by atoms with Crippen LogP contribution in [0.3, 0.4) is 0 Å². The summed E-state index contributed by atoms with van der Waals surface area (Å²) < 4.78 is 58.4. The average molecular weight is 432 g/mol. The zero-order valence-electron chi connectivity index (χ0n) is 15.8. The van der Waals surface area contributed by atoms with E-state index in [2.05, 4.69) is 4.72 Å². The summed E-state index contributed by atoms with van der Waals surface area (Å²) in [4.78, 5) is -0.0555. The van der Waals surface area contributed by atoms with Gasteiger partial charge in [-0.15, -0.1) is 0 Å². The Kier molecular flexibility index (Phi) is 6.36. The molecule has 0 bridgehead atoms. The van der Waals surface area contributed by atoms with Gasteiger partial charge in [0.15, 0.2) is 0 Å². The number of sulfone groups is 1. The summed E-state index contributed by atoms with van der Waals surface area (Å²) in [5.74, 6) is 0.698. The SMILES string of the molecule is COc1cccc(CCNS(=O)(=O)c2cccc(S(=O)(=O)c3ccccc3)c2)c1. The van der Waals surface area contributed by atoms with Crippen molar-refractivity contribution < 1.29 is 21.6 Å². The molecule has 0 saturated carbocycles. The molecule has 0 aliphatic carbocycles. The minimum atomic E-state index is -3.86. The highest BCUT2D eigenvalue weighted by atomic mass is 32.2. The second-order valence-corrected chi connectivity index (χ2v) is 10.0. The highest BCUT2D eigenvalue weighted by Crippen LogP contribution is 2.23. The van der Waals surface area contributed by atoms with Crippen LogP contribution < -0.4 is 9.46 Å². The van der Waals surface area contributed by atoms with Crippen molar-refractivity contribution in [3.8, 4) is 5.75 Å². The standard InChI is InChI=1S/C21H21NO5S2/c1-27-18-8-5-7-17(15-18)13-14-22-29(25,26)21-12-6-11-20(16-21)28(23,24)19-9-3-2-4-10-19/h2-12,15-16,22H,13-14H2,1H3. The van der Waals surface area contributed by atoms with Crippen LogP contribution in [-0.2, 0) is 26.3 Å². The van der Waals surface area contributed by atoms with Gasteiger partial charge in [0.2, 0.25) is 19.9 Å². The Morgan fingerprint density at radius 1 is 0.759 bits per heavy atom. The maximum Gasteiger partial charge on any atom is 0.240 e. The van der Waals surface area contributed by atoms with Crippen molar-refractivity contribution in [2.24, 2.45) is 0 Å². The summed E-state index contributed by atoms with van der Waals surface area (Å²) in [6, 6.07) is 20.6. The van der Waals surface area contributed by atoms with Gasteiger partial charge in [0.1, 0.15) is 5.75 Å². The van der Waals surface area contributed by atoms with Gasteiger partial charge in [-0.05, 0) is 54.4 Å². The Morgan fingerprint density at radius 3 is 2.14 bits per heavy atom. The van der Waals surface area contributed by atoms with E-state index >= 15 is 0 Å². The van der Waals surface area contributed by atoms with E-state index < -0.39 is 19.9 Å². The predicted molar refractivity (Wildman–Crippen MR) is 110 cm³/mol. The van der Waals surface area contributed by atoms with Gasteiger partial charge in [0.05, 0.1) is 21.8 Å². The van der Waals surface area contributed by atoms with Crippen LogP contribution in [0, 0.1) is 0 Å². The van der Waals surface area contributed by atoms with Gasteiger partial charge in [0, 0.05) is 6.54 Å². The first-order chi connectivity index (χ1) is 13.8. The van der Waals surface area contributed by atoms with Crippen molar-refractivity contribution in [2.75, 3.05) is 13.7 Å². The van der Waals surface area contributed by atoms with Gasteiger partial charge in [-0.1, -0.05) is 36.4 Å². The molecule has 0 saturated heterocycles. The molecule has 0 radical (unpaired) electrons. The molecule has 0 amide bonds. The highest BCUT2D eigenvalue weighted by molar-refractivity contribution is 7.91. The molecule has 0 fully saturated rings. The zero-order valence-corrected chi connectivity index (χ0v) is 17.4. The van der Waals surface area contributed by atoms with Crippen LogP contribution in [0.2, 0.25) is 0 Å². The van der Waals surface area contributed by atoms with E-state index in [4.69, 9.17) is 4.74 Å². The number of benzene rings is 3. The van der Waals surface area contributed by atoms with Gasteiger partial charge >= 0.3 is 0 Å². The minimum Gasteiger partial charge on any atom is -0.497 e. The predicted octanol–water partition coefficient (Wildman–Crippen LogP) is 3.05. The fourth-order valence-electron chi connectivity index (χ4n) is 2.79. The molecular formula is C21H21NO5S2. The van der Waals surface area contributed by atoms with Crippen LogP contribution >= 0.6 is 0 Å². The number of ether oxygens (including phenoxy) is 1. The number of sulfonamides is 1. The molecule has 0 unspecified atom stereocenters. The maximum atomic E-state index is 12.7. The normalized spacial score (nSPS) is 11.9. The van der Waals surface area contributed by atoms with Gasteiger partial charge in [-0.2, -0.15) is 0 Å². The fourth-order valence-corrected chi connectivity index (χ4v) is 5.26. The van der Waals surface area contributed by atoms with Crippen molar-refractivity contribution in [3.63, 3.8) is 0 Å². The number of hydrogen-bond acceptors (Lipinski definition) is 5. The van der Waals surface area contributed by atoms with Crippen molar-refractivity contribution >= 4 is 19.9 Å². The molecule has 0 aliphatic heterocycles. The third-order valence-electron chi connectivity index (χ3n) is 4.32. The van der Waals surface area contributed by atoms with Crippen LogP contribution in [0.15, 0.2) is 93.5 Å². The molecule has 6 nitrogen and oxygen atoms in total. The van der Waals surface area contributed by atoms with Crippen LogP contribution in [0.5, 0.6) is 5.75 Å². The summed E-state index contributed by atoms with van der Waals surface area (Å²) in [5, 5.41) is 0. The van der Waals surface area contributed by atoms with Gasteiger partial charge in [-0.3, -0.25) is 0 Å². The molecule has 29 heavy (non-hydrogen) atoms. The maximum absolute atomic E-state index is 12.7. The molecule has 0 spiro atoms. The first-order valence-corrected chi connectivity index (χ1v) is 11.8. The second kappa shape index (κ2) is 8.77. The lowest BCUT2D eigenvalue weighted by molar-refractivity contribution is 0.414. The Balaban J connectivity index is 1.76. The Hall–Kier alpha value is -2.68. The molecule has 1 N–H and O–H groups in total. The first kappa shape index (κ1) is 21.0. The Labute approximate surface area is 171 Å². The Morgan fingerprint density at radius 2 is 1.41 bits per heavy atom. The van der Waals surface area contributed by atoms with E-state index in [0.29, 0.717) is 12.2 Å². The smallest absolute Gasteiger partial charge is 0.240 e. The van der Waals surface area contributed by atoms with E-state index in [-0.39, 0.29) is 21.2 Å². The largest absolute Gasteiger partial charge is 0.497 e. The number of hydrogen-bond donors (Lipinski definition) is 1. The molecule has 152 valence electrons. The lowest BCUT2D eigenvalue weighted by Crippen LogP contribution is -2.26. The fraction of sp³-hybridized carbons (Fsp3) is 0.143. The van der Waals surface area contributed by atoms with Crippen molar-refractivity contribution in [1.29, 1.82) is 0 Å². The minimum absolute atomic E-state index is 0.0700. The summed E-state index contributed by atoms with van der Waals surface area (Å²) in [7, 11) is -6.09. The average Bonchev–Trinajstić information content (AvgIpc) is 2.74. The van der Waals surface area contributed by atoms with E-state index in [1.165, 1.54) is 36.4 Å². The van der Waals surface area contributed by atoms with E-state index in [1.807, 2.05) is 24.3 Å². The molecule has 0 heterocycles. The quantitative estimate of drug-likeness (QED) is 0.592. The number of methoxy groups -OCH3 is 1. The third-order valence-corrected chi connectivity index (χ3v) is 7.55. The van der Waals surface area contributed by atoms with Crippen LogP contribution in [-0.4, -0.2) is 30.5 Å². The van der Waals surface area contributed by atoms with Crippen molar-refractivity contribution in [3.05, 3.63) is 84.4 Å². The molecule has 0 atom stereocenters. The first-order valence-electron chi connectivity index (χ1n) is 8.86. The molecule has 3 rings (SSSR count). The lowest BCUT2D eigenvalue weighted by atomic mass is 10.1. The van der Waals surface area contributed by atoms with Crippen molar-refractivity contribution in [1.82, 2.24) is 4.72 Å². The van der Waals surface area contributed by atoms with Crippen molar-refractivity contribution in [2.45, 2.75) is 21.1 Å². The van der Waals surface area contributed by atoms with Crippen LogP contribution in [0.25, 0.3) is 0 Å². The summed E-state index contributed by atoms with van der Waals surface area (Å²) >= 11 is 0.